The minimum atomic E-state index is -0.460. The van der Waals surface area contributed by atoms with Crippen LogP contribution in [0.25, 0.3) is 0 Å². The second-order valence-electron chi connectivity index (χ2n) is 3.50. The zero-order chi connectivity index (χ0) is 13.7. The van der Waals surface area contributed by atoms with E-state index in [-0.39, 0.29) is 5.69 Å². The van der Waals surface area contributed by atoms with Crippen LogP contribution < -0.4 is 11.3 Å². The first-order valence-electron chi connectivity index (χ1n) is 5.34. The van der Waals surface area contributed by atoms with Gasteiger partial charge in [0.25, 0.3) is 5.91 Å². The van der Waals surface area contributed by atoms with Gasteiger partial charge < -0.3 is 0 Å². The van der Waals surface area contributed by atoms with Crippen LogP contribution >= 0.6 is 23.4 Å². The number of thioether (sulfide) groups is 1. The number of hydrogen-bond acceptors (Lipinski definition) is 6. The van der Waals surface area contributed by atoms with Gasteiger partial charge in [-0.25, -0.2) is 10.8 Å². The normalized spacial score (nSPS) is 10.4. The molecule has 7 nitrogen and oxygen atoms in total. The lowest BCUT2D eigenvalue weighted by Gasteiger charge is -2.00. The van der Waals surface area contributed by atoms with E-state index in [1.807, 2.05) is 11.5 Å². The molecule has 19 heavy (non-hydrogen) atoms. The smallest absolute Gasteiger partial charge is 0.287 e. The molecule has 100 valence electrons. The zero-order valence-electron chi connectivity index (χ0n) is 9.78. The van der Waals surface area contributed by atoms with Gasteiger partial charge in [0.15, 0.2) is 5.69 Å². The Labute approximate surface area is 118 Å². The van der Waals surface area contributed by atoms with Gasteiger partial charge in [0.05, 0.1) is 22.8 Å². The maximum absolute atomic E-state index is 11.2. The van der Waals surface area contributed by atoms with Gasteiger partial charge in [-0.2, -0.15) is 0 Å². The minimum Gasteiger partial charge on any atom is -0.289 e. The lowest BCUT2D eigenvalue weighted by Crippen LogP contribution is -2.30. The van der Waals surface area contributed by atoms with E-state index in [2.05, 4.69) is 15.3 Å². The van der Waals surface area contributed by atoms with E-state index >= 15 is 0 Å². The molecule has 0 aliphatic rings. The zero-order valence-corrected chi connectivity index (χ0v) is 11.4. The van der Waals surface area contributed by atoms with E-state index in [9.17, 15) is 4.79 Å². The summed E-state index contributed by atoms with van der Waals surface area (Å²) in [4.78, 5) is 15.3. The Morgan fingerprint density at radius 3 is 3.05 bits per heavy atom. The van der Waals surface area contributed by atoms with Gasteiger partial charge in [-0.3, -0.25) is 14.9 Å². The van der Waals surface area contributed by atoms with Crippen molar-refractivity contribution in [3.63, 3.8) is 0 Å². The van der Waals surface area contributed by atoms with E-state index in [4.69, 9.17) is 17.4 Å². The van der Waals surface area contributed by atoms with E-state index in [1.54, 1.807) is 28.7 Å². The number of halogens is 1. The van der Waals surface area contributed by atoms with Crippen molar-refractivity contribution in [1.29, 1.82) is 0 Å². The van der Waals surface area contributed by atoms with Gasteiger partial charge in [-0.05, 0) is 12.1 Å². The molecule has 0 saturated carbocycles. The number of amides is 1. The first-order valence-corrected chi connectivity index (χ1v) is 6.71. The van der Waals surface area contributed by atoms with Crippen molar-refractivity contribution in [1.82, 2.24) is 25.4 Å². The molecule has 0 unspecified atom stereocenters. The van der Waals surface area contributed by atoms with Gasteiger partial charge >= 0.3 is 0 Å². The Kier molecular flexibility index (Phi) is 4.72. The molecule has 9 heteroatoms. The predicted molar refractivity (Wildman–Crippen MR) is 71.6 cm³/mol. The molecule has 2 rings (SSSR count). The highest BCUT2D eigenvalue weighted by Gasteiger charge is 2.08. The molecule has 0 saturated heterocycles. The fourth-order valence-electron chi connectivity index (χ4n) is 1.28. The van der Waals surface area contributed by atoms with Crippen LogP contribution in [0.5, 0.6) is 0 Å². The summed E-state index contributed by atoms with van der Waals surface area (Å²) in [6.45, 7) is 0.611. The SMILES string of the molecule is NNC(=O)c1cn(CCSc2ccc(Cl)cn2)nn1. The van der Waals surface area contributed by atoms with E-state index < -0.39 is 5.91 Å². The number of nitrogens with one attached hydrogen (secondary N) is 1. The van der Waals surface area contributed by atoms with Crippen molar-refractivity contribution in [2.75, 3.05) is 5.75 Å². The summed E-state index contributed by atoms with van der Waals surface area (Å²) in [6.07, 6.45) is 3.14. The number of nitrogens with two attached hydrogens (primary N) is 1. The third-order valence-corrected chi connectivity index (χ3v) is 3.32. The van der Waals surface area contributed by atoms with Crippen LogP contribution in [0.4, 0.5) is 0 Å². The summed E-state index contributed by atoms with van der Waals surface area (Å²) in [6, 6.07) is 3.64. The molecule has 2 heterocycles. The van der Waals surface area contributed by atoms with Crippen molar-refractivity contribution in [2.45, 2.75) is 11.6 Å². The summed E-state index contributed by atoms with van der Waals surface area (Å²) in [5.74, 6) is 5.29. The lowest BCUT2D eigenvalue weighted by molar-refractivity contribution is 0.0948. The van der Waals surface area contributed by atoms with Crippen molar-refractivity contribution < 1.29 is 4.79 Å². The van der Waals surface area contributed by atoms with Crippen molar-refractivity contribution in [3.05, 3.63) is 35.2 Å². The molecule has 3 N–H and O–H groups in total. The second-order valence-corrected chi connectivity index (χ2v) is 5.06. The number of carbonyl (C=O) groups excluding carboxylic acids is 1. The van der Waals surface area contributed by atoms with Crippen LogP contribution in [0.3, 0.4) is 0 Å². The summed E-state index contributed by atoms with van der Waals surface area (Å²) < 4.78 is 1.58. The third-order valence-electron chi connectivity index (χ3n) is 2.17. The number of carbonyl (C=O) groups is 1. The number of pyridine rings is 1. The van der Waals surface area contributed by atoms with Crippen LogP contribution in [-0.2, 0) is 6.54 Å². The van der Waals surface area contributed by atoms with Gasteiger partial charge in [0, 0.05) is 11.9 Å². The molecule has 0 radical (unpaired) electrons. The van der Waals surface area contributed by atoms with Crippen LogP contribution in [0, 0.1) is 0 Å². The Balaban J connectivity index is 1.84. The number of nitrogen functional groups attached to an aromatic ring is 1. The first-order chi connectivity index (χ1) is 9.19. The fourth-order valence-corrected chi connectivity index (χ4v) is 2.17. The van der Waals surface area contributed by atoms with Crippen molar-refractivity contribution in [3.8, 4) is 0 Å². The Bertz CT molecular complexity index is 557. The molecular formula is C10H11ClN6OS. The average molecular weight is 299 g/mol. The van der Waals surface area contributed by atoms with Crippen LogP contribution in [0.1, 0.15) is 10.5 Å². The van der Waals surface area contributed by atoms with E-state index in [0.717, 1.165) is 10.8 Å². The molecule has 0 bridgehead atoms. The maximum Gasteiger partial charge on any atom is 0.287 e. The van der Waals surface area contributed by atoms with Crippen LogP contribution in [0.15, 0.2) is 29.6 Å². The molecule has 0 fully saturated rings. The number of rotatable bonds is 5. The number of hydrogen-bond donors (Lipinski definition) is 2. The highest BCUT2D eigenvalue weighted by atomic mass is 35.5. The standard InChI is InChI=1S/C10H11ClN6OS/c11-7-1-2-9(13-5-7)19-4-3-17-6-8(15-16-17)10(18)14-12/h1-2,5-6H,3-4,12H2,(H,14,18). The Morgan fingerprint density at radius 1 is 1.53 bits per heavy atom. The molecule has 1 amide bonds. The fraction of sp³-hybridized carbons (Fsp3) is 0.200. The minimum absolute atomic E-state index is 0.192. The molecule has 0 spiro atoms. The molecular weight excluding hydrogens is 288 g/mol. The van der Waals surface area contributed by atoms with Gasteiger partial charge in [-0.15, -0.1) is 16.9 Å². The highest BCUT2D eigenvalue weighted by Crippen LogP contribution is 2.17. The summed E-state index contributed by atoms with van der Waals surface area (Å²) in [7, 11) is 0. The largest absolute Gasteiger partial charge is 0.289 e. The van der Waals surface area contributed by atoms with Gasteiger partial charge in [0.2, 0.25) is 0 Å². The van der Waals surface area contributed by atoms with Crippen LogP contribution in [0.2, 0.25) is 5.02 Å². The second kappa shape index (κ2) is 6.50. The van der Waals surface area contributed by atoms with E-state index in [1.165, 1.54) is 6.20 Å². The number of aryl methyl sites for hydroxylation is 1. The first kappa shape index (κ1) is 13.8. The summed E-state index contributed by atoms with van der Waals surface area (Å²) in [5, 5.41) is 9.02. The number of nitrogens with zero attached hydrogens (tertiary/aromatic N) is 4. The molecule has 0 aromatic carbocycles. The maximum atomic E-state index is 11.2. The molecule has 2 aromatic rings. The molecule has 0 aliphatic carbocycles. The lowest BCUT2D eigenvalue weighted by atomic mass is 10.5. The Hall–Kier alpha value is -1.64. The van der Waals surface area contributed by atoms with Crippen LogP contribution in [-0.4, -0.2) is 31.6 Å². The van der Waals surface area contributed by atoms with Crippen molar-refractivity contribution in [2.24, 2.45) is 5.84 Å². The predicted octanol–water partition coefficient (Wildman–Crippen LogP) is 0.722. The third kappa shape index (κ3) is 3.91. The van der Waals surface area contributed by atoms with E-state index in [0.29, 0.717) is 11.6 Å². The number of aromatic nitrogens is 4. The molecule has 0 aliphatic heterocycles. The number of hydrazine groups is 1. The Morgan fingerprint density at radius 2 is 2.37 bits per heavy atom. The average Bonchev–Trinajstić information content (AvgIpc) is 2.89. The van der Waals surface area contributed by atoms with Gasteiger partial charge in [-0.1, -0.05) is 16.8 Å². The van der Waals surface area contributed by atoms with Gasteiger partial charge in [0.1, 0.15) is 0 Å². The molecule has 2 aromatic heterocycles. The summed E-state index contributed by atoms with van der Waals surface area (Å²) >= 11 is 7.31. The summed E-state index contributed by atoms with van der Waals surface area (Å²) in [5.41, 5.74) is 2.19. The van der Waals surface area contributed by atoms with Crippen molar-refractivity contribution >= 4 is 29.3 Å². The monoisotopic (exact) mass is 298 g/mol. The topological polar surface area (TPSA) is 98.7 Å². The highest BCUT2D eigenvalue weighted by molar-refractivity contribution is 7.99. The molecule has 0 atom stereocenters. The quantitative estimate of drug-likeness (QED) is 0.365.